The van der Waals surface area contributed by atoms with E-state index in [1.807, 2.05) is 0 Å². The first-order chi connectivity index (χ1) is 6.02. The van der Waals surface area contributed by atoms with Gasteiger partial charge in [-0.2, -0.15) is 0 Å². The molecule has 0 bridgehead atoms. The van der Waals surface area contributed by atoms with Crippen molar-refractivity contribution >= 4 is 17.8 Å². The number of piperidine rings is 1. The van der Waals surface area contributed by atoms with Crippen LogP contribution >= 0.6 is 0 Å². The minimum Gasteiger partial charge on any atom is -0.481 e. The minimum atomic E-state index is -1.18. The predicted octanol–water partition coefficient (Wildman–Crippen LogP) is -0.360. The predicted molar refractivity (Wildman–Crippen MR) is 40.3 cm³/mol. The summed E-state index contributed by atoms with van der Waals surface area (Å²) >= 11 is 0. The molecule has 13 heavy (non-hydrogen) atoms. The first-order valence-electron chi connectivity index (χ1n) is 3.75. The quantitative estimate of drug-likeness (QED) is 0.546. The first kappa shape index (κ1) is 9.50. The summed E-state index contributed by atoms with van der Waals surface area (Å²) in [6.45, 7) is -0.204. The third kappa shape index (κ3) is 1.95. The van der Waals surface area contributed by atoms with Crippen LogP contribution in [0.15, 0.2) is 0 Å². The minimum absolute atomic E-state index is 0.0699. The van der Waals surface area contributed by atoms with Crippen molar-refractivity contribution in [2.45, 2.75) is 6.42 Å². The van der Waals surface area contributed by atoms with E-state index < -0.39 is 23.8 Å². The van der Waals surface area contributed by atoms with Crippen molar-refractivity contribution < 1.29 is 24.6 Å². The number of amides is 1. The summed E-state index contributed by atoms with van der Waals surface area (Å²) in [7, 11) is 0. The molecule has 1 rings (SSSR count). The maximum absolute atomic E-state index is 11.1. The molecule has 1 heterocycles. The molecule has 1 aliphatic rings. The number of likely N-dealkylation sites (tertiary alicyclic amines) is 1. The molecular formula is C7H9NO5. The molecule has 1 fully saturated rings. The van der Waals surface area contributed by atoms with Gasteiger partial charge in [0.1, 0.15) is 5.92 Å². The number of ketones is 1. The molecule has 0 aromatic rings. The number of carboxylic acids is 1. The molecule has 6 heteroatoms. The molecule has 72 valence electrons. The second-order valence-electron chi connectivity index (χ2n) is 2.85. The van der Waals surface area contributed by atoms with Crippen LogP contribution in [-0.4, -0.2) is 46.0 Å². The molecular weight excluding hydrogens is 178 g/mol. The molecule has 0 spiro atoms. The summed E-state index contributed by atoms with van der Waals surface area (Å²) in [6.07, 6.45) is -1.11. The highest BCUT2D eigenvalue weighted by Gasteiger charge is 2.33. The number of rotatable bonds is 1. The van der Waals surface area contributed by atoms with Crippen molar-refractivity contribution in [3.8, 4) is 0 Å². The van der Waals surface area contributed by atoms with Gasteiger partial charge in [-0.15, -0.1) is 0 Å². The van der Waals surface area contributed by atoms with Gasteiger partial charge in [0.05, 0.1) is 6.54 Å². The molecule has 0 aromatic heterocycles. The normalized spacial score (nSPS) is 22.9. The number of Topliss-reactive ketones (excluding diaryl/α,β-unsaturated/α-hetero) is 1. The van der Waals surface area contributed by atoms with Gasteiger partial charge < -0.3 is 15.1 Å². The third-order valence-corrected chi connectivity index (χ3v) is 1.99. The van der Waals surface area contributed by atoms with Gasteiger partial charge in [0, 0.05) is 6.54 Å². The van der Waals surface area contributed by atoms with E-state index in [-0.39, 0.29) is 19.5 Å². The number of carboxylic acid groups (broad SMARTS) is 2. The lowest BCUT2D eigenvalue weighted by molar-refractivity contribution is -0.148. The Morgan fingerprint density at radius 1 is 1.38 bits per heavy atom. The molecule has 1 aliphatic heterocycles. The van der Waals surface area contributed by atoms with Crippen molar-refractivity contribution in [2.75, 3.05) is 13.1 Å². The van der Waals surface area contributed by atoms with E-state index in [2.05, 4.69) is 0 Å². The number of hydrogen-bond donors (Lipinski definition) is 2. The second-order valence-corrected chi connectivity index (χ2v) is 2.85. The standard InChI is InChI=1S/C7H9NO5/c9-5-3-8(7(12)13)2-1-4(5)6(10)11/h4H,1-3H2,(H,10,11)(H,12,13). The third-order valence-electron chi connectivity index (χ3n) is 1.99. The summed E-state index contributed by atoms with van der Waals surface area (Å²) in [6, 6.07) is 0. The number of aliphatic carboxylic acids is 1. The van der Waals surface area contributed by atoms with E-state index in [0.29, 0.717) is 0 Å². The molecule has 1 amide bonds. The number of hydrogen-bond acceptors (Lipinski definition) is 3. The Hall–Kier alpha value is -1.59. The van der Waals surface area contributed by atoms with Gasteiger partial charge >= 0.3 is 12.1 Å². The monoisotopic (exact) mass is 187 g/mol. The first-order valence-corrected chi connectivity index (χ1v) is 3.75. The van der Waals surface area contributed by atoms with Crippen LogP contribution in [0, 0.1) is 5.92 Å². The average Bonchev–Trinajstić information content (AvgIpc) is 2.03. The fourth-order valence-corrected chi connectivity index (χ4v) is 1.25. The molecule has 1 unspecified atom stereocenters. The Bertz CT molecular complexity index is 262. The highest BCUT2D eigenvalue weighted by Crippen LogP contribution is 2.13. The molecule has 0 saturated carbocycles. The number of carbonyl (C=O) groups excluding carboxylic acids is 1. The maximum Gasteiger partial charge on any atom is 0.407 e. The van der Waals surface area contributed by atoms with E-state index in [1.165, 1.54) is 0 Å². The Morgan fingerprint density at radius 2 is 2.00 bits per heavy atom. The molecule has 0 radical (unpaired) electrons. The summed E-state index contributed by atoms with van der Waals surface area (Å²) in [5.41, 5.74) is 0. The van der Waals surface area contributed by atoms with Crippen molar-refractivity contribution in [2.24, 2.45) is 5.92 Å². The van der Waals surface area contributed by atoms with Gasteiger partial charge in [0.2, 0.25) is 0 Å². The van der Waals surface area contributed by atoms with Gasteiger partial charge in [-0.3, -0.25) is 9.59 Å². The summed E-state index contributed by atoms with van der Waals surface area (Å²) in [4.78, 5) is 32.8. The van der Waals surface area contributed by atoms with Crippen molar-refractivity contribution in [1.29, 1.82) is 0 Å². The average molecular weight is 187 g/mol. The van der Waals surface area contributed by atoms with E-state index >= 15 is 0 Å². The smallest absolute Gasteiger partial charge is 0.407 e. The van der Waals surface area contributed by atoms with Gasteiger partial charge in [0.25, 0.3) is 0 Å². The van der Waals surface area contributed by atoms with E-state index in [0.717, 1.165) is 4.90 Å². The lowest BCUT2D eigenvalue weighted by Gasteiger charge is -2.26. The number of carbonyl (C=O) groups is 3. The SMILES string of the molecule is O=C(O)C1CCN(C(=O)O)CC1=O. The zero-order valence-electron chi connectivity index (χ0n) is 6.77. The zero-order valence-corrected chi connectivity index (χ0v) is 6.77. The van der Waals surface area contributed by atoms with Crippen LogP contribution in [0.4, 0.5) is 4.79 Å². The highest BCUT2D eigenvalue weighted by atomic mass is 16.4. The molecule has 6 nitrogen and oxygen atoms in total. The van der Waals surface area contributed by atoms with Gasteiger partial charge in [-0.1, -0.05) is 0 Å². The topological polar surface area (TPSA) is 94.9 Å². The van der Waals surface area contributed by atoms with Crippen LogP contribution < -0.4 is 0 Å². The van der Waals surface area contributed by atoms with Crippen LogP contribution in [0.2, 0.25) is 0 Å². The fourth-order valence-electron chi connectivity index (χ4n) is 1.25. The molecule has 0 aliphatic carbocycles. The molecule has 2 N–H and O–H groups in total. The van der Waals surface area contributed by atoms with Crippen LogP contribution in [0.1, 0.15) is 6.42 Å². The lowest BCUT2D eigenvalue weighted by atomic mass is 9.96. The summed E-state index contributed by atoms with van der Waals surface area (Å²) < 4.78 is 0. The Balaban J connectivity index is 2.62. The Kier molecular flexibility index (Phi) is 2.50. The van der Waals surface area contributed by atoms with Crippen LogP contribution in [0.5, 0.6) is 0 Å². The van der Waals surface area contributed by atoms with E-state index in [4.69, 9.17) is 10.2 Å². The van der Waals surface area contributed by atoms with Gasteiger partial charge in [-0.25, -0.2) is 4.79 Å². The molecule has 0 aromatic carbocycles. The Labute approximate surface area is 73.8 Å². The maximum atomic E-state index is 11.1. The summed E-state index contributed by atoms with van der Waals surface area (Å²) in [5, 5.41) is 17.1. The van der Waals surface area contributed by atoms with Crippen LogP contribution in [0.3, 0.4) is 0 Å². The van der Waals surface area contributed by atoms with Gasteiger partial charge in [-0.05, 0) is 6.42 Å². The van der Waals surface area contributed by atoms with Crippen molar-refractivity contribution in [3.63, 3.8) is 0 Å². The summed E-state index contributed by atoms with van der Waals surface area (Å²) in [5.74, 6) is -2.74. The lowest BCUT2D eigenvalue weighted by Crippen LogP contribution is -2.45. The van der Waals surface area contributed by atoms with E-state index in [9.17, 15) is 14.4 Å². The fraction of sp³-hybridized carbons (Fsp3) is 0.571. The van der Waals surface area contributed by atoms with Gasteiger partial charge in [0.15, 0.2) is 5.78 Å². The van der Waals surface area contributed by atoms with E-state index in [1.54, 1.807) is 0 Å². The number of nitrogens with zero attached hydrogens (tertiary/aromatic N) is 1. The van der Waals surface area contributed by atoms with Crippen LogP contribution in [-0.2, 0) is 9.59 Å². The largest absolute Gasteiger partial charge is 0.481 e. The molecule has 1 atom stereocenters. The highest BCUT2D eigenvalue weighted by molar-refractivity contribution is 6.00. The Morgan fingerprint density at radius 3 is 2.38 bits per heavy atom. The van der Waals surface area contributed by atoms with Crippen molar-refractivity contribution in [1.82, 2.24) is 4.90 Å². The van der Waals surface area contributed by atoms with Crippen LogP contribution in [0.25, 0.3) is 0 Å². The zero-order chi connectivity index (χ0) is 10.0. The molecule has 1 saturated heterocycles. The second kappa shape index (κ2) is 3.42. The van der Waals surface area contributed by atoms with Crippen molar-refractivity contribution in [3.05, 3.63) is 0 Å².